The smallest absolute Gasteiger partial charge is 0.323 e. The molecule has 7 heteroatoms. The number of carbonyl (C=O) groups is 1. The largest absolute Gasteiger partial charge is 0.481 e. The number of nitrogens with one attached hydrogen (secondary N) is 2. The predicted molar refractivity (Wildman–Crippen MR) is 76.1 cm³/mol. The van der Waals surface area contributed by atoms with Gasteiger partial charge in [0.2, 0.25) is 5.88 Å². The summed E-state index contributed by atoms with van der Waals surface area (Å²) in [6.45, 7) is 3.74. The van der Waals surface area contributed by atoms with Crippen LogP contribution in [0.4, 0.5) is 16.2 Å². The summed E-state index contributed by atoms with van der Waals surface area (Å²) in [4.78, 5) is 15.9. The first-order valence-electron chi connectivity index (χ1n) is 6.09. The number of ether oxygens (including phenoxy) is 1. The number of carbonyl (C=O) groups excluding carboxylic acids is 1. The molecule has 0 aliphatic heterocycles. The monoisotopic (exact) mass is 275 g/mol. The van der Waals surface area contributed by atoms with Crippen molar-refractivity contribution in [3.8, 4) is 5.88 Å². The van der Waals surface area contributed by atoms with Crippen molar-refractivity contribution < 1.29 is 9.53 Å². The lowest BCUT2D eigenvalue weighted by atomic mass is 10.3. The van der Waals surface area contributed by atoms with Crippen molar-refractivity contribution in [2.75, 3.05) is 17.7 Å². The van der Waals surface area contributed by atoms with Gasteiger partial charge in [0.05, 0.1) is 36.1 Å². The second-order valence-corrected chi connectivity index (χ2v) is 4.34. The van der Waals surface area contributed by atoms with E-state index in [0.29, 0.717) is 17.3 Å². The Morgan fingerprint density at radius 1 is 1.30 bits per heavy atom. The van der Waals surface area contributed by atoms with Crippen LogP contribution in [0.15, 0.2) is 18.3 Å². The van der Waals surface area contributed by atoms with Crippen molar-refractivity contribution >= 4 is 17.4 Å². The molecule has 2 N–H and O–H groups in total. The third-order valence-corrected chi connectivity index (χ3v) is 2.95. The molecule has 0 saturated carbocycles. The average Bonchev–Trinajstić information content (AvgIpc) is 2.66. The highest BCUT2D eigenvalue weighted by Gasteiger charge is 2.12. The number of rotatable bonds is 3. The molecule has 0 saturated heterocycles. The van der Waals surface area contributed by atoms with Crippen molar-refractivity contribution in [2.24, 2.45) is 7.05 Å². The number of urea groups is 1. The van der Waals surface area contributed by atoms with Gasteiger partial charge in [-0.3, -0.25) is 4.68 Å². The van der Waals surface area contributed by atoms with Crippen LogP contribution in [0.1, 0.15) is 11.4 Å². The third kappa shape index (κ3) is 2.87. The maximum atomic E-state index is 11.9. The Bertz CT molecular complexity index is 618. The quantitative estimate of drug-likeness (QED) is 0.898. The number of amides is 2. The van der Waals surface area contributed by atoms with Crippen LogP contribution in [0.2, 0.25) is 0 Å². The molecule has 20 heavy (non-hydrogen) atoms. The van der Waals surface area contributed by atoms with E-state index in [4.69, 9.17) is 4.74 Å². The fourth-order valence-corrected chi connectivity index (χ4v) is 1.81. The molecule has 2 rings (SSSR count). The Labute approximate surface area is 117 Å². The molecule has 2 heterocycles. The van der Waals surface area contributed by atoms with Crippen LogP contribution in [-0.2, 0) is 7.05 Å². The number of aryl methyl sites for hydroxylation is 2. The minimum Gasteiger partial charge on any atom is -0.481 e. The zero-order chi connectivity index (χ0) is 14.7. The van der Waals surface area contributed by atoms with Gasteiger partial charge in [-0.05, 0) is 19.9 Å². The average molecular weight is 275 g/mol. The molecule has 0 atom stereocenters. The Kier molecular flexibility index (Phi) is 3.88. The van der Waals surface area contributed by atoms with E-state index in [1.54, 1.807) is 16.8 Å². The van der Waals surface area contributed by atoms with Crippen molar-refractivity contribution in [2.45, 2.75) is 13.8 Å². The molecule has 0 fully saturated rings. The maximum absolute atomic E-state index is 11.9. The second kappa shape index (κ2) is 5.60. The van der Waals surface area contributed by atoms with Crippen LogP contribution in [0.5, 0.6) is 5.88 Å². The summed E-state index contributed by atoms with van der Waals surface area (Å²) >= 11 is 0. The van der Waals surface area contributed by atoms with Crippen LogP contribution in [-0.4, -0.2) is 27.9 Å². The number of methoxy groups -OCH3 is 1. The fraction of sp³-hybridized carbons (Fsp3) is 0.308. The summed E-state index contributed by atoms with van der Waals surface area (Å²) in [6.07, 6.45) is 1.53. The molecule has 2 aromatic rings. The van der Waals surface area contributed by atoms with Gasteiger partial charge in [0.25, 0.3) is 0 Å². The topological polar surface area (TPSA) is 81.1 Å². The lowest BCUT2D eigenvalue weighted by Gasteiger charge is -2.08. The highest BCUT2D eigenvalue weighted by molar-refractivity contribution is 6.00. The summed E-state index contributed by atoms with van der Waals surface area (Å²) in [6, 6.07) is 3.06. The van der Waals surface area contributed by atoms with E-state index in [0.717, 1.165) is 11.4 Å². The Morgan fingerprint density at radius 3 is 2.55 bits per heavy atom. The van der Waals surface area contributed by atoms with Gasteiger partial charge < -0.3 is 15.4 Å². The van der Waals surface area contributed by atoms with Crippen molar-refractivity contribution in [3.63, 3.8) is 0 Å². The van der Waals surface area contributed by atoms with E-state index in [1.807, 2.05) is 20.9 Å². The van der Waals surface area contributed by atoms with Crippen molar-refractivity contribution in [1.29, 1.82) is 0 Å². The molecule has 0 radical (unpaired) electrons. The minimum atomic E-state index is -0.337. The molecule has 7 nitrogen and oxygen atoms in total. The fourth-order valence-electron chi connectivity index (χ4n) is 1.81. The molecule has 2 amide bonds. The van der Waals surface area contributed by atoms with Crippen LogP contribution in [0.3, 0.4) is 0 Å². The Balaban J connectivity index is 2.05. The molecular weight excluding hydrogens is 258 g/mol. The van der Waals surface area contributed by atoms with Gasteiger partial charge in [0, 0.05) is 13.1 Å². The van der Waals surface area contributed by atoms with Crippen LogP contribution in [0, 0.1) is 13.8 Å². The van der Waals surface area contributed by atoms with E-state index < -0.39 is 0 Å². The number of hydrogen-bond acceptors (Lipinski definition) is 4. The SMILES string of the molecule is COc1ccc(NC(=O)Nc2c(C)nn(C)c2C)cn1. The zero-order valence-corrected chi connectivity index (χ0v) is 11.9. The van der Waals surface area contributed by atoms with Crippen LogP contribution in [0.25, 0.3) is 0 Å². The molecule has 0 aliphatic carbocycles. The number of nitrogens with zero attached hydrogens (tertiary/aromatic N) is 3. The first kappa shape index (κ1) is 13.9. The number of pyridine rings is 1. The number of aromatic nitrogens is 3. The summed E-state index contributed by atoms with van der Waals surface area (Å²) in [5.41, 5.74) is 2.97. The lowest BCUT2D eigenvalue weighted by molar-refractivity contribution is 0.262. The van der Waals surface area contributed by atoms with Crippen molar-refractivity contribution in [3.05, 3.63) is 29.7 Å². The van der Waals surface area contributed by atoms with E-state index in [9.17, 15) is 4.79 Å². The van der Waals surface area contributed by atoms with E-state index in [2.05, 4.69) is 20.7 Å². The van der Waals surface area contributed by atoms with E-state index in [1.165, 1.54) is 13.3 Å². The molecule has 0 aliphatic rings. The summed E-state index contributed by atoms with van der Waals surface area (Å²) in [5.74, 6) is 0.495. The normalized spacial score (nSPS) is 10.2. The Morgan fingerprint density at radius 2 is 2.05 bits per heavy atom. The molecular formula is C13H17N5O2. The van der Waals surface area contributed by atoms with Gasteiger partial charge in [0.1, 0.15) is 0 Å². The maximum Gasteiger partial charge on any atom is 0.323 e. The zero-order valence-electron chi connectivity index (χ0n) is 11.9. The Hall–Kier alpha value is -2.57. The van der Waals surface area contributed by atoms with Gasteiger partial charge in [-0.1, -0.05) is 0 Å². The third-order valence-electron chi connectivity index (χ3n) is 2.95. The summed E-state index contributed by atoms with van der Waals surface area (Å²) < 4.78 is 6.68. The van der Waals surface area contributed by atoms with Gasteiger partial charge in [-0.25, -0.2) is 9.78 Å². The van der Waals surface area contributed by atoms with E-state index >= 15 is 0 Å². The first-order chi connectivity index (χ1) is 9.51. The summed E-state index contributed by atoms with van der Waals surface area (Å²) in [5, 5.41) is 9.72. The highest BCUT2D eigenvalue weighted by atomic mass is 16.5. The van der Waals surface area contributed by atoms with Gasteiger partial charge in [-0.2, -0.15) is 5.10 Å². The predicted octanol–water partition coefficient (Wildman–Crippen LogP) is 2.08. The van der Waals surface area contributed by atoms with Gasteiger partial charge >= 0.3 is 6.03 Å². The first-order valence-corrected chi connectivity index (χ1v) is 6.09. The summed E-state index contributed by atoms with van der Waals surface area (Å²) in [7, 11) is 3.37. The minimum absolute atomic E-state index is 0.337. The molecule has 106 valence electrons. The number of hydrogen-bond donors (Lipinski definition) is 2. The lowest BCUT2D eigenvalue weighted by Crippen LogP contribution is -2.20. The molecule has 2 aromatic heterocycles. The second-order valence-electron chi connectivity index (χ2n) is 4.34. The van der Waals surface area contributed by atoms with Gasteiger partial charge in [0.15, 0.2) is 0 Å². The van der Waals surface area contributed by atoms with Gasteiger partial charge in [-0.15, -0.1) is 0 Å². The van der Waals surface area contributed by atoms with Crippen LogP contribution < -0.4 is 15.4 Å². The molecule has 0 unspecified atom stereocenters. The highest BCUT2D eigenvalue weighted by Crippen LogP contribution is 2.19. The molecule has 0 bridgehead atoms. The molecule has 0 spiro atoms. The van der Waals surface area contributed by atoms with Crippen LogP contribution >= 0.6 is 0 Å². The van der Waals surface area contributed by atoms with Crippen molar-refractivity contribution in [1.82, 2.24) is 14.8 Å². The standard InChI is InChI=1S/C13H17N5O2/c1-8-12(9(2)18(3)17-8)16-13(19)15-10-5-6-11(20-4)14-7-10/h5-7H,1-4H3,(H2,15,16,19). The number of anilines is 2. The van der Waals surface area contributed by atoms with E-state index in [-0.39, 0.29) is 6.03 Å². The molecule has 0 aromatic carbocycles.